The molecular formula is C23H20BrN3O5. The third-order valence-electron chi connectivity index (χ3n) is 5.70. The van der Waals surface area contributed by atoms with Crippen LogP contribution in [0.3, 0.4) is 0 Å². The van der Waals surface area contributed by atoms with Gasteiger partial charge in [0.1, 0.15) is 6.61 Å². The number of aromatic amines is 1. The zero-order chi connectivity index (χ0) is 22.4. The zero-order valence-electron chi connectivity index (χ0n) is 17.6. The molecule has 0 saturated carbocycles. The number of benzene rings is 2. The van der Waals surface area contributed by atoms with Gasteiger partial charge >= 0.3 is 5.97 Å². The van der Waals surface area contributed by atoms with Crippen LogP contribution in [-0.2, 0) is 9.53 Å². The van der Waals surface area contributed by atoms with Gasteiger partial charge in [-0.05, 0) is 35.4 Å². The number of carbonyl (C=O) groups excluding carboxylic acids is 1. The van der Waals surface area contributed by atoms with E-state index in [1.165, 1.54) is 0 Å². The quantitative estimate of drug-likeness (QED) is 0.509. The molecule has 164 valence electrons. The van der Waals surface area contributed by atoms with Crippen LogP contribution in [0.5, 0.6) is 17.2 Å². The van der Waals surface area contributed by atoms with Crippen molar-refractivity contribution in [3.8, 4) is 28.5 Å². The molecule has 0 unspecified atom stereocenters. The van der Waals surface area contributed by atoms with Crippen LogP contribution in [0.15, 0.2) is 52.1 Å². The fourth-order valence-corrected chi connectivity index (χ4v) is 4.53. The number of halogens is 1. The first-order chi connectivity index (χ1) is 15.5. The van der Waals surface area contributed by atoms with E-state index >= 15 is 0 Å². The van der Waals surface area contributed by atoms with Crippen molar-refractivity contribution in [1.82, 2.24) is 10.2 Å². The Morgan fingerprint density at radius 3 is 2.38 bits per heavy atom. The number of aromatic nitrogens is 2. The summed E-state index contributed by atoms with van der Waals surface area (Å²) in [6, 6.07) is 11.6. The van der Waals surface area contributed by atoms with Gasteiger partial charge in [0.25, 0.3) is 0 Å². The molecule has 0 spiro atoms. The lowest BCUT2D eigenvalue weighted by atomic mass is 9.80. The maximum absolute atomic E-state index is 12.8. The minimum Gasteiger partial charge on any atom is -0.493 e. The molecule has 2 aliphatic rings. The van der Waals surface area contributed by atoms with Crippen molar-refractivity contribution < 1.29 is 23.7 Å². The smallest absolute Gasteiger partial charge is 0.337 e. The maximum atomic E-state index is 12.8. The van der Waals surface area contributed by atoms with Gasteiger partial charge < -0.3 is 24.3 Å². The van der Waals surface area contributed by atoms with Crippen LogP contribution in [0.1, 0.15) is 17.0 Å². The number of anilines is 1. The Bertz CT molecular complexity index is 1220. The molecule has 8 nitrogen and oxygen atoms in total. The summed E-state index contributed by atoms with van der Waals surface area (Å²) in [6.07, 6.45) is 0. The van der Waals surface area contributed by atoms with Crippen molar-refractivity contribution in [2.24, 2.45) is 0 Å². The molecule has 0 radical (unpaired) electrons. The van der Waals surface area contributed by atoms with Gasteiger partial charge in [0, 0.05) is 16.0 Å². The van der Waals surface area contributed by atoms with E-state index in [1.54, 1.807) is 21.3 Å². The fourth-order valence-electron chi connectivity index (χ4n) is 4.26. The van der Waals surface area contributed by atoms with Gasteiger partial charge in [0.2, 0.25) is 5.75 Å². The van der Waals surface area contributed by atoms with Crippen molar-refractivity contribution in [2.75, 3.05) is 33.3 Å². The highest BCUT2D eigenvalue weighted by molar-refractivity contribution is 9.10. The van der Waals surface area contributed by atoms with Crippen LogP contribution in [0.25, 0.3) is 11.3 Å². The molecule has 1 aromatic heterocycles. The molecular weight excluding hydrogens is 478 g/mol. The second-order valence-electron chi connectivity index (χ2n) is 7.35. The summed E-state index contributed by atoms with van der Waals surface area (Å²) in [5, 5.41) is 10.9. The molecule has 2 aliphatic heterocycles. The number of fused-ring (bicyclic) bond motifs is 1. The number of cyclic esters (lactones) is 1. The monoisotopic (exact) mass is 497 g/mol. The van der Waals surface area contributed by atoms with Crippen molar-refractivity contribution in [2.45, 2.75) is 5.92 Å². The lowest BCUT2D eigenvalue weighted by Crippen LogP contribution is -2.20. The molecule has 0 aliphatic carbocycles. The summed E-state index contributed by atoms with van der Waals surface area (Å²) >= 11 is 3.48. The van der Waals surface area contributed by atoms with Gasteiger partial charge in [-0.2, -0.15) is 5.10 Å². The summed E-state index contributed by atoms with van der Waals surface area (Å²) in [7, 11) is 4.68. The van der Waals surface area contributed by atoms with E-state index in [0.29, 0.717) is 34.3 Å². The Morgan fingerprint density at radius 1 is 1.06 bits per heavy atom. The third-order valence-corrected chi connectivity index (χ3v) is 6.23. The molecule has 0 amide bonds. The Labute approximate surface area is 192 Å². The number of carbonyl (C=O) groups is 1. The van der Waals surface area contributed by atoms with Crippen LogP contribution >= 0.6 is 15.9 Å². The first kappa shape index (κ1) is 20.4. The molecule has 2 aromatic carbocycles. The van der Waals surface area contributed by atoms with E-state index in [2.05, 4.69) is 31.4 Å². The van der Waals surface area contributed by atoms with E-state index in [0.717, 1.165) is 26.9 Å². The third kappa shape index (κ3) is 3.12. The summed E-state index contributed by atoms with van der Waals surface area (Å²) < 4.78 is 22.9. The summed E-state index contributed by atoms with van der Waals surface area (Å²) in [4.78, 5) is 12.8. The molecule has 5 rings (SSSR count). The number of H-pyrrole nitrogens is 1. The molecule has 0 fully saturated rings. The lowest BCUT2D eigenvalue weighted by Gasteiger charge is -2.26. The van der Waals surface area contributed by atoms with E-state index in [1.807, 2.05) is 36.4 Å². The summed E-state index contributed by atoms with van der Waals surface area (Å²) in [5.74, 6) is 1.34. The van der Waals surface area contributed by atoms with E-state index < -0.39 is 5.92 Å². The highest BCUT2D eigenvalue weighted by Crippen LogP contribution is 2.50. The minimum absolute atomic E-state index is 0.176. The average molecular weight is 498 g/mol. The predicted octanol–water partition coefficient (Wildman–Crippen LogP) is 4.23. The van der Waals surface area contributed by atoms with Crippen LogP contribution in [0, 0.1) is 0 Å². The molecule has 3 aromatic rings. The second kappa shape index (κ2) is 7.90. The van der Waals surface area contributed by atoms with Crippen LogP contribution in [0.2, 0.25) is 0 Å². The Kier molecular flexibility index (Phi) is 5.05. The number of nitrogens with one attached hydrogen (secondary N) is 2. The molecule has 9 heteroatoms. The van der Waals surface area contributed by atoms with Crippen molar-refractivity contribution in [3.63, 3.8) is 0 Å². The van der Waals surface area contributed by atoms with Gasteiger partial charge in [0.05, 0.1) is 38.3 Å². The topological polar surface area (TPSA) is 94.7 Å². The van der Waals surface area contributed by atoms with Gasteiger partial charge in [-0.15, -0.1) is 0 Å². The fraction of sp³-hybridized carbons (Fsp3) is 0.217. The highest BCUT2D eigenvalue weighted by atomic mass is 79.9. The van der Waals surface area contributed by atoms with Gasteiger partial charge in [-0.3, -0.25) is 5.10 Å². The van der Waals surface area contributed by atoms with Crippen LogP contribution in [-0.4, -0.2) is 44.1 Å². The molecule has 0 bridgehead atoms. The zero-order valence-corrected chi connectivity index (χ0v) is 19.2. The normalized spacial score (nSPS) is 16.8. The number of hydrogen-bond donors (Lipinski definition) is 2. The summed E-state index contributed by atoms with van der Waals surface area (Å²) in [5.41, 5.74) is 4.65. The Morgan fingerprint density at radius 2 is 1.75 bits per heavy atom. The number of hydrogen-bond acceptors (Lipinski definition) is 7. The molecule has 2 N–H and O–H groups in total. The Balaban J connectivity index is 1.75. The van der Waals surface area contributed by atoms with Gasteiger partial charge in [-0.25, -0.2) is 4.79 Å². The second-order valence-corrected chi connectivity index (χ2v) is 8.27. The minimum atomic E-state index is -0.442. The van der Waals surface area contributed by atoms with E-state index in [9.17, 15) is 4.79 Å². The van der Waals surface area contributed by atoms with Crippen molar-refractivity contribution in [1.29, 1.82) is 0 Å². The number of nitrogens with zero attached hydrogens (tertiary/aromatic N) is 1. The molecule has 32 heavy (non-hydrogen) atoms. The van der Waals surface area contributed by atoms with E-state index in [-0.39, 0.29) is 12.6 Å². The number of methoxy groups -OCH3 is 3. The van der Waals surface area contributed by atoms with Gasteiger partial charge in [0.15, 0.2) is 17.3 Å². The standard InChI is InChI=1S/C23H20BrN3O5/c1-29-15-8-12(9-16(30-2)21(15)31-3)17-18-14(10-32-23(18)28)25-22-19(17)20(26-27-22)11-4-6-13(24)7-5-11/h4-9,17H,10H2,1-3H3,(H2,25,26,27)/t17-/m1/s1. The van der Waals surface area contributed by atoms with Crippen LogP contribution in [0.4, 0.5) is 5.82 Å². The summed E-state index contributed by atoms with van der Waals surface area (Å²) in [6.45, 7) is 0.176. The van der Waals surface area contributed by atoms with E-state index in [4.69, 9.17) is 18.9 Å². The number of rotatable bonds is 5. The van der Waals surface area contributed by atoms with Crippen molar-refractivity contribution in [3.05, 3.63) is 63.3 Å². The van der Waals surface area contributed by atoms with Gasteiger partial charge in [-0.1, -0.05) is 28.1 Å². The SMILES string of the molecule is COc1cc([C@@H]2C3=C(COC3=O)Nc3n[nH]c(-c4ccc(Br)cc4)c32)cc(OC)c1OC. The maximum Gasteiger partial charge on any atom is 0.337 e. The largest absolute Gasteiger partial charge is 0.493 e. The Hall–Kier alpha value is -3.46. The molecule has 3 heterocycles. The number of ether oxygens (including phenoxy) is 4. The van der Waals surface area contributed by atoms with Crippen LogP contribution < -0.4 is 19.5 Å². The average Bonchev–Trinajstić information content (AvgIpc) is 3.40. The lowest BCUT2D eigenvalue weighted by molar-refractivity contribution is -0.136. The first-order valence-corrected chi connectivity index (χ1v) is 10.7. The molecule has 1 atom stereocenters. The first-order valence-electron chi connectivity index (χ1n) is 9.87. The van der Waals surface area contributed by atoms with Crippen molar-refractivity contribution >= 4 is 27.7 Å². The highest BCUT2D eigenvalue weighted by Gasteiger charge is 2.42. The molecule has 0 saturated heterocycles. The predicted molar refractivity (Wildman–Crippen MR) is 121 cm³/mol. The number of esters is 1.